The van der Waals surface area contributed by atoms with Crippen LogP contribution in [0.2, 0.25) is 5.02 Å². The van der Waals surface area contributed by atoms with Gasteiger partial charge in [0.25, 0.3) is 11.8 Å². The van der Waals surface area contributed by atoms with Crippen molar-refractivity contribution in [1.29, 1.82) is 0 Å². The van der Waals surface area contributed by atoms with Gasteiger partial charge in [0.2, 0.25) is 0 Å². The van der Waals surface area contributed by atoms with Gasteiger partial charge in [0.05, 0.1) is 6.04 Å². The van der Waals surface area contributed by atoms with Crippen molar-refractivity contribution in [2.45, 2.75) is 26.3 Å². The molecular weight excluding hydrogens is 467 g/mol. The molecule has 3 rings (SSSR count). The van der Waals surface area contributed by atoms with Gasteiger partial charge in [0.1, 0.15) is 23.6 Å². The number of hydrogen-bond acceptors (Lipinski definition) is 7. The molecule has 33 heavy (non-hydrogen) atoms. The molecule has 0 saturated heterocycles. The third-order valence-electron chi connectivity index (χ3n) is 4.17. The number of aryl methyl sites for hydroxylation is 1. The summed E-state index contributed by atoms with van der Waals surface area (Å²) >= 11 is 5.84. The summed E-state index contributed by atoms with van der Waals surface area (Å²) in [5, 5.41) is 9.20. The molecule has 1 atom stereocenters. The molecule has 1 aromatic carbocycles. The molecule has 14 heteroatoms. The number of aromatic nitrogens is 5. The van der Waals surface area contributed by atoms with Gasteiger partial charge in [-0.25, -0.2) is 15.0 Å². The molecular formula is C19H17ClF3N7O3. The monoisotopic (exact) mass is 483 g/mol. The highest BCUT2D eigenvalue weighted by atomic mass is 35.5. The van der Waals surface area contributed by atoms with Gasteiger partial charge in [0.15, 0.2) is 11.6 Å². The number of nitrogens with zero attached hydrogens (tertiary/aromatic N) is 5. The predicted molar refractivity (Wildman–Crippen MR) is 109 cm³/mol. The number of ether oxygens (including phenoxy) is 1. The molecule has 2 heterocycles. The maximum absolute atomic E-state index is 12.7. The molecule has 10 nitrogen and oxygen atoms in total. The Kier molecular flexibility index (Phi) is 6.81. The Bertz CT molecular complexity index is 1200. The number of benzene rings is 1. The summed E-state index contributed by atoms with van der Waals surface area (Å²) in [5.41, 5.74) is -0.0604. The van der Waals surface area contributed by atoms with Crippen LogP contribution in [0.15, 0.2) is 30.6 Å². The lowest BCUT2D eigenvalue weighted by Gasteiger charge is -2.15. The number of rotatable bonds is 6. The molecule has 0 radical (unpaired) electrons. The first-order valence-corrected chi connectivity index (χ1v) is 9.70. The van der Waals surface area contributed by atoms with Gasteiger partial charge < -0.3 is 15.4 Å². The molecule has 2 aromatic heterocycles. The Morgan fingerprint density at radius 2 is 1.88 bits per heavy atom. The third kappa shape index (κ3) is 5.94. The van der Waals surface area contributed by atoms with E-state index >= 15 is 0 Å². The van der Waals surface area contributed by atoms with Crippen LogP contribution in [0.25, 0.3) is 5.82 Å². The number of halogens is 4. The molecule has 0 aliphatic carbocycles. The summed E-state index contributed by atoms with van der Waals surface area (Å²) in [6.07, 6.45) is -3.76. The number of carbonyl (C=O) groups is 2. The molecule has 3 aromatic rings. The lowest BCUT2D eigenvalue weighted by molar-refractivity contribution is -0.274. The van der Waals surface area contributed by atoms with Crippen molar-refractivity contribution < 1.29 is 27.5 Å². The second kappa shape index (κ2) is 9.40. The van der Waals surface area contributed by atoms with Crippen LogP contribution in [0.3, 0.4) is 0 Å². The fourth-order valence-corrected chi connectivity index (χ4v) is 3.05. The summed E-state index contributed by atoms with van der Waals surface area (Å²) in [5.74, 6) is -0.946. The van der Waals surface area contributed by atoms with Crippen molar-refractivity contribution in [2.75, 3.05) is 7.05 Å². The van der Waals surface area contributed by atoms with Crippen molar-refractivity contribution in [2.24, 2.45) is 0 Å². The zero-order chi connectivity index (χ0) is 24.3. The minimum absolute atomic E-state index is 0.0920. The van der Waals surface area contributed by atoms with Crippen molar-refractivity contribution in [1.82, 2.24) is 35.4 Å². The highest BCUT2D eigenvalue weighted by Crippen LogP contribution is 2.27. The van der Waals surface area contributed by atoms with E-state index in [2.05, 4.69) is 35.4 Å². The molecule has 0 aliphatic rings. The molecule has 0 fully saturated rings. The Labute approximate surface area is 190 Å². The number of nitrogens with one attached hydrogen (secondary N) is 2. The van der Waals surface area contributed by atoms with Crippen LogP contribution in [0.4, 0.5) is 13.2 Å². The van der Waals surface area contributed by atoms with E-state index in [4.69, 9.17) is 11.6 Å². The molecule has 174 valence electrons. The van der Waals surface area contributed by atoms with Crippen LogP contribution in [0.5, 0.6) is 5.75 Å². The van der Waals surface area contributed by atoms with Crippen molar-refractivity contribution in [3.63, 3.8) is 0 Å². The maximum Gasteiger partial charge on any atom is 0.573 e. The first-order chi connectivity index (χ1) is 15.5. The summed E-state index contributed by atoms with van der Waals surface area (Å²) in [6, 6.07) is 3.68. The molecule has 0 unspecified atom stereocenters. The first kappa shape index (κ1) is 23.9. The Hall–Kier alpha value is -3.74. The zero-order valence-corrected chi connectivity index (χ0v) is 18.2. The Morgan fingerprint density at radius 1 is 1.15 bits per heavy atom. The molecule has 2 amide bonds. The fraction of sp³-hybridized carbons (Fsp3) is 0.263. The van der Waals surface area contributed by atoms with Crippen LogP contribution in [-0.2, 0) is 0 Å². The Morgan fingerprint density at radius 3 is 2.55 bits per heavy atom. The minimum atomic E-state index is -4.94. The van der Waals surface area contributed by atoms with E-state index in [-0.39, 0.29) is 27.9 Å². The molecule has 0 saturated carbocycles. The van der Waals surface area contributed by atoms with Crippen LogP contribution >= 0.6 is 11.6 Å². The van der Waals surface area contributed by atoms with E-state index in [1.165, 1.54) is 30.2 Å². The highest BCUT2D eigenvalue weighted by Gasteiger charge is 2.31. The van der Waals surface area contributed by atoms with E-state index in [1.54, 1.807) is 13.8 Å². The van der Waals surface area contributed by atoms with E-state index in [1.807, 2.05) is 0 Å². The normalized spacial score (nSPS) is 12.2. The SMILES string of the molecule is CNC(=O)c1cc(-n2nc(C)nc2[C@H](C)NC(=O)c2cc(Cl)cc(OC(F)(F)F)c2)ncn1. The van der Waals surface area contributed by atoms with Crippen LogP contribution < -0.4 is 15.4 Å². The molecule has 0 spiro atoms. The molecule has 0 bridgehead atoms. The lowest BCUT2D eigenvalue weighted by Crippen LogP contribution is -2.29. The first-order valence-electron chi connectivity index (χ1n) is 9.32. The largest absolute Gasteiger partial charge is 0.573 e. The standard InChI is InChI=1S/C19H17ClF3N7O3/c1-9(27-17(31)11-4-12(20)6-13(5-11)33-19(21,22)23)16-28-10(2)29-30(16)15-7-14(18(32)24-3)25-8-26-15/h4-9H,1-3H3,(H,24,32)(H,27,31)/t9-/m0/s1. The summed E-state index contributed by atoms with van der Waals surface area (Å²) in [4.78, 5) is 36.8. The zero-order valence-electron chi connectivity index (χ0n) is 17.4. The van der Waals surface area contributed by atoms with Gasteiger partial charge in [-0.3, -0.25) is 9.59 Å². The van der Waals surface area contributed by atoms with Gasteiger partial charge in [-0.05, 0) is 32.0 Å². The van der Waals surface area contributed by atoms with E-state index in [9.17, 15) is 22.8 Å². The second-order valence-corrected chi connectivity index (χ2v) is 7.12. The number of alkyl halides is 3. The smallest absolute Gasteiger partial charge is 0.406 e. The van der Waals surface area contributed by atoms with Gasteiger partial charge in [0, 0.05) is 23.7 Å². The fourth-order valence-electron chi connectivity index (χ4n) is 2.83. The summed E-state index contributed by atoms with van der Waals surface area (Å²) in [7, 11) is 1.45. The van der Waals surface area contributed by atoms with E-state index < -0.39 is 30.0 Å². The minimum Gasteiger partial charge on any atom is -0.406 e. The van der Waals surface area contributed by atoms with E-state index in [0.29, 0.717) is 5.82 Å². The van der Waals surface area contributed by atoms with Crippen molar-refractivity contribution in [3.8, 4) is 11.6 Å². The van der Waals surface area contributed by atoms with Crippen molar-refractivity contribution >= 4 is 23.4 Å². The number of hydrogen-bond donors (Lipinski definition) is 2. The van der Waals surface area contributed by atoms with Crippen LogP contribution in [-0.4, -0.2) is 50.0 Å². The van der Waals surface area contributed by atoms with Crippen molar-refractivity contribution in [3.05, 3.63) is 58.5 Å². The number of amides is 2. The third-order valence-corrected chi connectivity index (χ3v) is 4.39. The average Bonchev–Trinajstić information content (AvgIpc) is 3.13. The van der Waals surface area contributed by atoms with Crippen LogP contribution in [0, 0.1) is 6.92 Å². The quantitative estimate of drug-likeness (QED) is 0.552. The lowest BCUT2D eigenvalue weighted by atomic mass is 10.2. The maximum atomic E-state index is 12.7. The predicted octanol–water partition coefficient (Wildman–Crippen LogP) is 2.77. The van der Waals surface area contributed by atoms with E-state index in [0.717, 1.165) is 12.1 Å². The van der Waals surface area contributed by atoms with Gasteiger partial charge >= 0.3 is 6.36 Å². The van der Waals surface area contributed by atoms with Gasteiger partial charge in [-0.1, -0.05) is 11.6 Å². The summed E-state index contributed by atoms with van der Waals surface area (Å²) in [6.45, 7) is 3.21. The topological polar surface area (TPSA) is 124 Å². The van der Waals surface area contributed by atoms with Crippen LogP contribution in [0.1, 0.15) is 45.5 Å². The highest BCUT2D eigenvalue weighted by molar-refractivity contribution is 6.31. The number of carbonyl (C=O) groups excluding carboxylic acids is 2. The van der Waals surface area contributed by atoms with Gasteiger partial charge in [-0.15, -0.1) is 18.3 Å². The second-order valence-electron chi connectivity index (χ2n) is 6.69. The Balaban J connectivity index is 1.87. The molecule has 0 aliphatic heterocycles. The average molecular weight is 484 g/mol. The van der Waals surface area contributed by atoms with Gasteiger partial charge in [-0.2, -0.15) is 4.68 Å². The summed E-state index contributed by atoms with van der Waals surface area (Å²) < 4.78 is 42.8. The molecule has 2 N–H and O–H groups in total.